The van der Waals surface area contributed by atoms with E-state index in [2.05, 4.69) is 0 Å². The van der Waals surface area contributed by atoms with E-state index in [0.717, 1.165) is 28.2 Å². The number of alkyl halides is 3. The Hall–Kier alpha value is -3.88. The normalized spacial score (nSPS) is 16.6. The van der Waals surface area contributed by atoms with E-state index in [1.807, 2.05) is 19.1 Å². The van der Waals surface area contributed by atoms with Crippen LogP contribution in [0.5, 0.6) is 5.75 Å². The van der Waals surface area contributed by atoms with E-state index in [-0.39, 0.29) is 24.3 Å². The summed E-state index contributed by atoms with van der Waals surface area (Å²) in [6.07, 6.45) is -3.30. The molecule has 4 rings (SSSR count). The molecular formula is C29H27F4NO4. The SMILES string of the molecule is C[C@]1(Cc2ccccc2F)Cc2cc(CCC(=O)N(CC(=O)O)Cc3cccc(C(F)(F)F)c3)ccc2O1. The molecule has 3 aromatic rings. The molecule has 200 valence electrons. The quantitative estimate of drug-likeness (QED) is 0.355. The van der Waals surface area contributed by atoms with Crippen LogP contribution >= 0.6 is 0 Å². The average molecular weight is 530 g/mol. The van der Waals surface area contributed by atoms with E-state index >= 15 is 0 Å². The Morgan fingerprint density at radius 1 is 1.03 bits per heavy atom. The first kappa shape index (κ1) is 27.2. The minimum atomic E-state index is -4.54. The van der Waals surface area contributed by atoms with Gasteiger partial charge in [-0.15, -0.1) is 0 Å². The van der Waals surface area contributed by atoms with Gasteiger partial charge in [-0.05, 0) is 59.9 Å². The summed E-state index contributed by atoms with van der Waals surface area (Å²) in [7, 11) is 0. The standard InChI is InChI=1S/C29H27F4NO4/c1-28(15-21-6-2-3-8-24(21)30)16-22-13-19(9-11-25(22)38-28)10-12-26(35)34(18-27(36)37)17-20-5-4-7-23(14-20)29(31,32)33/h2-9,11,13-14H,10,12,15-18H2,1H3,(H,36,37)/t28-/m0/s1. The van der Waals surface area contributed by atoms with Crippen LogP contribution in [0, 0.1) is 5.82 Å². The van der Waals surface area contributed by atoms with E-state index < -0.39 is 35.8 Å². The highest BCUT2D eigenvalue weighted by atomic mass is 19.4. The Kier molecular flexibility index (Phi) is 7.76. The lowest BCUT2D eigenvalue weighted by Gasteiger charge is -2.24. The molecule has 0 radical (unpaired) electrons. The summed E-state index contributed by atoms with van der Waals surface area (Å²) in [5.41, 5.74) is 1.04. The van der Waals surface area contributed by atoms with Gasteiger partial charge in [0.2, 0.25) is 5.91 Å². The summed E-state index contributed by atoms with van der Waals surface area (Å²) in [6.45, 7) is 1.04. The van der Waals surface area contributed by atoms with Crippen molar-refractivity contribution in [3.05, 3.63) is 100 Å². The Balaban J connectivity index is 1.41. The number of aliphatic carboxylic acids is 1. The van der Waals surface area contributed by atoms with Gasteiger partial charge in [-0.1, -0.05) is 42.5 Å². The second kappa shape index (κ2) is 10.8. The van der Waals surface area contributed by atoms with Crippen LogP contribution in [0.2, 0.25) is 0 Å². The average Bonchev–Trinajstić information content (AvgIpc) is 3.18. The van der Waals surface area contributed by atoms with Crippen LogP contribution in [0.25, 0.3) is 0 Å². The highest BCUT2D eigenvalue weighted by Crippen LogP contribution is 2.38. The first-order chi connectivity index (χ1) is 17.9. The van der Waals surface area contributed by atoms with E-state index in [9.17, 15) is 32.3 Å². The van der Waals surface area contributed by atoms with Gasteiger partial charge < -0.3 is 14.7 Å². The zero-order valence-electron chi connectivity index (χ0n) is 20.7. The number of amides is 1. The van der Waals surface area contributed by atoms with Gasteiger partial charge in [-0.3, -0.25) is 9.59 Å². The lowest BCUT2D eigenvalue weighted by molar-refractivity contribution is -0.145. The first-order valence-corrected chi connectivity index (χ1v) is 12.1. The molecule has 1 amide bonds. The Bertz CT molecular complexity index is 1340. The number of aryl methyl sites for hydroxylation is 1. The van der Waals surface area contributed by atoms with Crippen molar-refractivity contribution in [3.63, 3.8) is 0 Å². The minimum Gasteiger partial charge on any atom is -0.487 e. The molecule has 0 unspecified atom stereocenters. The number of ether oxygens (including phenoxy) is 1. The van der Waals surface area contributed by atoms with Gasteiger partial charge in [0.05, 0.1) is 5.56 Å². The van der Waals surface area contributed by atoms with Crippen LogP contribution in [0.4, 0.5) is 17.6 Å². The van der Waals surface area contributed by atoms with Crippen LogP contribution in [0.15, 0.2) is 66.7 Å². The van der Waals surface area contributed by atoms with E-state index in [4.69, 9.17) is 4.74 Å². The van der Waals surface area contributed by atoms with Crippen LogP contribution in [-0.2, 0) is 41.6 Å². The molecule has 1 atom stereocenters. The highest BCUT2D eigenvalue weighted by molar-refractivity contribution is 5.81. The molecule has 5 nitrogen and oxygen atoms in total. The predicted octanol–water partition coefficient (Wildman–Crippen LogP) is 5.83. The molecule has 9 heteroatoms. The molecule has 1 aliphatic rings. The maximum atomic E-state index is 14.2. The van der Waals surface area contributed by atoms with Crippen LogP contribution < -0.4 is 4.74 Å². The van der Waals surface area contributed by atoms with Crippen molar-refractivity contribution in [3.8, 4) is 5.75 Å². The van der Waals surface area contributed by atoms with Crippen LogP contribution in [0.3, 0.4) is 0 Å². The van der Waals surface area contributed by atoms with Crippen molar-refractivity contribution in [2.24, 2.45) is 0 Å². The van der Waals surface area contributed by atoms with E-state index in [1.165, 1.54) is 18.2 Å². The van der Waals surface area contributed by atoms with Crippen LogP contribution in [0.1, 0.15) is 41.2 Å². The third kappa shape index (κ3) is 6.70. The number of hydrogen-bond donors (Lipinski definition) is 1. The molecule has 0 saturated heterocycles. The smallest absolute Gasteiger partial charge is 0.416 e. The fraction of sp³-hybridized carbons (Fsp3) is 0.310. The molecule has 1 heterocycles. The number of halogens is 4. The summed E-state index contributed by atoms with van der Waals surface area (Å²) in [4.78, 5) is 25.3. The third-order valence-corrected chi connectivity index (χ3v) is 6.50. The van der Waals surface area contributed by atoms with Crippen molar-refractivity contribution in [2.45, 2.75) is 50.9 Å². The number of carboxylic acid groups (broad SMARTS) is 1. The van der Waals surface area contributed by atoms with Gasteiger partial charge in [0.1, 0.15) is 23.7 Å². The second-order valence-corrected chi connectivity index (χ2v) is 9.78. The Morgan fingerprint density at radius 3 is 2.50 bits per heavy atom. The van der Waals surface area contributed by atoms with Gasteiger partial charge >= 0.3 is 12.1 Å². The molecule has 0 saturated carbocycles. The maximum Gasteiger partial charge on any atom is 0.416 e. The van der Waals surface area contributed by atoms with Crippen LogP contribution in [-0.4, -0.2) is 34.0 Å². The second-order valence-electron chi connectivity index (χ2n) is 9.78. The summed E-state index contributed by atoms with van der Waals surface area (Å²) in [6, 6.07) is 16.6. The van der Waals surface area contributed by atoms with Crippen molar-refractivity contribution < 1.29 is 37.0 Å². The number of fused-ring (bicyclic) bond motifs is 1. The molecule has 0 spiro atoms. The van der Waals surface area contributed by atoms with Gasteiger partial charge in [0.25, 0.3) is 0 Å². The summed E-state index contributed by atoms with van der Waals surface area (Å²) >= 11 is 0. The fourth-order valence-corrected chi connectivity index (χ4v) is 4.74. The zero-order chi connectivity index (χ0) is 27.5. The molecule has 1 aliphatic heterocycles. The summed E-state index contributed by atoms with van der Waals surface area (Å²) in [5.74, 6) is -1.33. The monoisotopic (exact) mass is 529 g/mol. The molecule has 38 heavy (non-hydrogen) atoms. The Morgan fingerprint density at radius 2 is 1.79 bits per heavy atom. The summed E-state index contributed by atoms with van der Waals surface area (Å²) in [5, 5.41) is 9.25. The van der Waals surface area contributed by atoms with Gasteiger partial charge in [-0.25, -0.2) is 4.39 Å². The molecule has 0 aromatic heterocycles. The zero-order valence-corrected chi connectivity index (χ0v) is 20.7. The number of carbonyl (C=O) groups excluding carboxylic acids is 1. The number of benzene rings is 3. The number of hydrogen-bond acceptors (Lipinski definition) is 3. The lowest BCUT2D eigenvalue weighted by atomic mass is 9.91. The fourth-order valence-electron chi connectivity index (χ4n) is 4.74. The van der Waals surface area contributed by atoms with Crippen molar-refractivity contribution in [1.82, 2.24) is 4.90 Å². The molecular weight excluding hydrogens is 502 g/mol. The number of nitrogens with zero attached hydrogens (tertiary/aromatic N) is 1. The lowest BCUT2D eigenvalue weighted by Crippen LogP contribution is -2.35. The van der Waals surface area contributed by atoms with E-state index in [0.29, 0.717) is 30.6 Å². The minimum absolute atomic E-state index is 0.0155. The van der Waals surface area contributed by atoms with Crippen molar-refractivity contribution in [2.75, 3.05) is 6.54 Å². The van der Waals surface area contributed by atoms with Crippen molar-refractivity contribution in [1.29, 1.82) is 0 Å². The van der Waals surface area contributed by atoms with Gasteiger partial charge in [-0.2, -0.15) is 13.2 Å². The summed E-state index contributed by atoms with van der Waals surface area (Å²) < 4.78 is 59.4. The van der Waals surface area contributed by atoms with Gasteiger partial charge in [0, 0.05) is 25.8 Å². The number of carbonyl (C=O) groups is 2. The first-order valence-electron chi connectivity index (χ1n) is 12.1. The maximum absolute atomic E-state index is 14.2. The van der Waals surface area contributed by atoms with Gasteiger partial charge in [0.15, 0.2) is 0 Å². The third-order valence-electron chi connectivity index (χ3n) is 6.50. The molecule has 1 N–H and O–H groups in total. The van der Waals surface area contributed by atoms with Crippen molar-refractivity contribution >= 4 is 11.9 Å². The topological polar surface area (TPSA) is 66.8 Å². The molecule has 3 aromatic carbocycles. The Labute approximate surface area is 217 Å². The number of rotatable bonds is 9. The molecule has 0 fully saturated rings. The largest absolute Gasteiger partial charge is 0.487 e. The predicted molar refractivity (Wildman–Crippen MR) is 132 cm³/mol. The highest BCUT2D eigenvalue weighted by Gasteiger charge is 2.36. The molecule has 0 aliphatic carbocycles. The number of carboxylic acids is 1. The van der Waals surface area contributed by atoms with E-state index in [1.54, 1.807) is 24.3 Å². The molecule has 0 bridgehead atoms.